The minimum Gasteiger partial charge on any atom is -0.366 e. The molecule has 0 amide bonds. The Morgan fingerprint density at radius 1 is 1.00 bits per heavy atom. The summed E-state index contributed by atoms with van der Waals surface area (Å²) in [7, 11) is 0. The molecular formula is C19H19ClN4. The second-order valence-corrected chi connectivity index (χ2v) is 5.69. The molecule has 5 heteroatoms. The van der Waals surface area contributed by atoms with E-state index in [1.165, 1.54) is 0 Å². The van der Waals surface area contributed by atoms with Gasteiger partial charge in [0.2, 0.25) is 0 Å². The number of benzene rings is 2. The molecule has 0 unspecified atom stereocenters. The zero-order valence-corrected chi connectivity index (χ0v) is 14.2. The zero-order chi connectivity index (χ0) is 16.8. The van der Waals surface area contributed by atoms with Crippen LogP contribution in [0.3, 0.4) is 0 Å². The third-order valence-electron chi connectivity index (χ3n) is 3.73. The van der Waals surface area contributed by atoms with Gasteiger partial charge in [-0.2, -0.15) is 0 Å². The Morgan fingerprint density at radius 3 is 2.50 bits per heavy atom. The maximum atomic E-state index is 6.19. The summed E-state index contributed by atoms with van der Waals surface area (Å²) in [6.07, 6.45) is 1.58. The first kappa shape index (κ1) is 16.3. The number of hydrogen-bond acceptors (Lipinski definition) is 4. The number of anilines is 3. The molecule has 0 saturated carbocycles. The Bertz CT molecular complexity index is 792. The summed E-state index contributed by atoms with van der Waals surface area (Å²) in [5, 5.41) is 4.06. The van der Waals surface area contributed by atoms with Gasteiger partial charge in [0.1, 0.15) is 18.0 Å². The van der Waals surface area contributed by atoms with E-state index >= 15 is 0 Å². The summed E-state index contributed by atoms with van der Waals surface area (Å²) >= 11 is 6.19. The monoisotopic (exact) mass is 338 g/mol. The maximum Gasteiger partial charge on any atom is 0.138 e. The number of nitrogens with zero attached hydrogens (tertiary/aromatic N) is 3. The largest absolute Gasteiger partial charge is 0.366 e. The molecule has 1 N–H and O–H groups in total. The van der Waals surface area contributed by atoms with Gasteiger partial charge >= 0.3 is 0 Å². The van der Waals surface area contributed by atoms with Gasteiger partial charge in [-0.1, -0.05) is 48.0 Å². The molecule has 3 rings (SSSR count). The van der Waals surface area contributed by atoms with Crippen LogP contribution in [0, 0.1) is 0 Å². The van der Waals surface area contributed by atoms with Crippen LogP contribution in [0.1, 0.15) is 12.5 Å². The van der Waals surface area contributed by atoms with E-state index < -0.39 is 0 Å². The molecule has 2 aromatic carbocycles. The molecule has 0 radical (unpaired) electrons. The van der Waals surface area contributed by atoms with Crippen LogP contribution in [0.4, 0.5) is 17.3 Å². The third kappa shape index (κ3) is 3.84. The number of hydrogen-bond donors (Lipinski definition) is 1. The highest BCUT2D eigenvalue weighted by atomic mass is 35.5. The molecule has 0 spiro atoms. The van der Waals surface area contributed by atoms with Gasteiger partial charge in [-0.05, 0) is 30.7 Å². The van der Waals surface area contributed by atoms with Crippen molar-refractivity contribution in [1.82, 2.24) is 9.97 Å². The highest BCUT2D eigenvalue weighted by Gasteiger charge is 2.09. The molecule has 1 heterocycles. The number of para-hydroxylation sites is 1. The molecule has 0 aliphatic rings. The standard InChI is InChI=1S/C19H19ClN4/c1-2-24(16-9-4-3-5-10-16)19-12-18(22-14-23-19)21-13-15-8-6-7-11-17(15)20/h3-12,14H,2,13H2,1H3,(H,21,22,23). The molecule has 0 aliphatic carbocycles. The summed E-state index contributed by atoms with van der Waals surface area (Å²) in [6.45, 7) is 3.55. The van der Waals surface area contributed by atoms with Crippen LogP contribution in [0.5, 0.6) is 0 Å². The van der Waals surface area contributed by atoms with Crippen LogP contribution in [-0.4, -0.2) is 16.5 Å². The quantitative estimate of drug-likeness (QED) is 0.694. The normalized spacial score (nSPS) is 10.4. The van der Waals surface area contributed by atoms with Crippen molar-refractivity contribution in [2.75, 3.05) is 16.8 Å². The number of rotatable bonds is 6. The van der Waals surface area contributed by atoms with Gasteiger partial charge in [-0.15, -0.1) is 0 Å². The third-order valence-corrected chi connectivity index (χ3v) is 4.10. The lowest BCUT2D eigenvalue weighted by atomic mass is 10.2. The highest BCUT2D eigenvalue weighted by Crippen LogP contribution is 2.24. The van der Waals surface area contributed by atoms with E-state index in [9.17, 15) is 0 Å². The van der Waals surface area contributed by atoms with Crippen molar-refractivity contribution in [3.05, 3.63) is 77.6 Å². The summed E-state index contributed by atoms with van der Waals surface area (Å²) in [5.74, 6) is 1.63. The number of nitrogens with one attached hydrogen (secondary N) is 1. The summed E-state index contributed by atoms with van der Waals surface area (Å²) < 4.78 is 0. The SMILES string of the molecule is CCN(c1ccccc1)c1cc(NCc2ccccc2Cl)ncn1. The van der Waals surface area contributed by atoms with E-state index in [1.54, 1.807) is 6.33 Å². The summed E-state index contributed by atoms with van der Waals surface area (Å²) in [5.41, 5.74) is 2.14. The second-order valence-electron chi connectivity index (χ2n) is 5.29. The molecule has 0 saturated heterocycles. The lowest BCUT2D eigenvalue weighted by Gasteiger charge is -2.22. The van der Waals surface area contributed by atoms with Gasteiger partial charge in [-0.25, -0.2) is 9.97 Å². The fourth-order valence-electron chi connectivity index (χ4n) is 2.50. The topological polar surface area (TPSA) is 41.0 Å². The van der Waals surface area contributed by atoms with E-state index in [2.05, 4.69) is 39.2 Å². The Hall–Kier alpha value is -2.59. The Kier molecular flexibility index (Phi) is 5.29. The Morgan fingerprint density at radius 2 is 1.75 bits per heavy atom. The van der Waals surface area contributed by atoms with E-state index in [-0.39, 0.29) is 0 Å². The van der Waals surface area contributed by atoms with Gasteiger partial charge in [0.05, 0.1) is 0 Å². The number of aromatic nitrogens is 2. The average molecular weight is 339 g/mol. The zero-order valence-electron chi connectivity index (χ0n) is 13.5. The fraction of sp³-hybridized carbons (Fsp3) is 0.158. The summed E-state index contributed by atoms with van der Waals surface area (Å²) in [6, 6.07) is 19.9. The first-order valence-electron chi connectivity index (χ1n) is 7.90. The molecule has 122 valence electrons. The minimum atomic E-state index is 0.619. The van der Waals surface area contributed by atoms with Crippen LogP contribution in [0.2, 0.25) is 5.02 Å². The molecule has 24 heavy (non-hydrogen) atoms. The second kappa shape index (κ2) is 7.79. The predicted molar refractivity (Wildman–Crippen MR) is 99.9 cm³/mol. The van der Waals surface area contributed by atoms with Crippen LogP contribution >= 0.6 is 11.6 Å². The van der Waals surface area contributed by atoms with Crippen LogP contribution in [-0.2, 0) is 6.54 Å². The van der Waals surface area contributed by atoms with Crippen molar-refractivity contribution in [3.63, 3.8) is 0 Å². The van der Waals surface area contributed by atoms with E-state index in [0.717, 1.165) is 34.5 Å². The van der Waals surface area contributed by atoms with E-state index in [1.807, 2.05) is 48.5 Å². The fourth-order valence-corrected chi connectivity index (χ4v) is 2.71. The van der Waals surface area contributed by atoms with Gasteiger partial charge in [0, 0.05) is 29.9 Å². The van der Waals surface area contributed by atoms with Crippen molar-refractivity contribution < 1.29 is 0 Å². The molecular weight excluding hydrogens is 320 g/mol. The first-order valence-corrected chi connectivity index (χ1v) is 8.27. The number of halogens is 1. The Labute approximate surface area is 147 Å². The van der Waals surface area contributed by atoms with E-state index in [4.69, 9.17) is 11.6 Å². The lowest BCUT2D eigenvalue weighted by Crippen LogP contribution is -2.17. The molecule has 3 aromatic rings. The molecule has 0 bridgehead atoms. The first-order chi connectivity index (χ1) is 11.8. The Balaban J connectivity index is 1.77. The lowest BCUT2D eigenvalue weighted by molar-refractivity contribution is 0.972. The van der Waals surface area contributed by atoms with Gasteiger partial charge in [0.25, 0.3) is 0 Å². The van der Waals surface area contributed by atoms with Crippen LogP contribution < -0.4 is 10.2 Å². The van der Waals surface area contributed by atoms with Crippen molar-refractivity contribution in [3.8, 4) is 0 Å². The highest BCUT2D eigenvalue weighted by molar-refractivity contribution is 6.31. The van der Waals surface area contributed by atoms with Crippen LogP contribution in [0.15, 0.2) is 67.0 Å². The van der Waals surface area contributed by atoms with Gasteiger partial charge < -0.3 is 10.2 Å². The molecule has 0 fully saturated rings. The van der Waals surface area contributed by atoms with Crippen molar-refractivity contribution in [1.29, 1.82) is 0 Å². The molecule has 0 aliphatic heterocycles. The minimum absolute atomic E-state index is 0.619. The predicted octanol–water partition coefficient (Wildman–Crippen LogP) is 4.90. The maximum absolute atomic E-state index is 6.19. The van der Waals surface area contributed by atoms with Crippen molar-refractivity contribution in [2.45, 2.75) is 13.5 Å². The van der Waals surface area contributed by atoms with Crippen molar-refractivity contribution >= 4 is 28.9 Å². The van der Waals surface area contributed by atoms with E-state index in [0.29, 0.717) is 6.54 Å². The molecule has 1 aromatic heterocycles. The molecule has 4 nitrogen and oxygen atoms in total. The van der Waals surface area contributed by atoms with Gasteiger partial charge in [-0.3, -0.25) is 0 Å². The smallest absolute Gasteiger partial charge is 0.138 e. The van der Waals surface area contributed by atoms with Gasteiger partial charge in [0.15, 0.2) is 0 Å². The van der Waals surface area contributed by atoms with Crippen molar-refractivity contribution in [2.24, 2.45) is 0 Å². The summed E-state index contributed by atoms with van der Waals surface area (Å²) in [4.78, 5) is 10.9. The molecule has 0 atom stereocenters. The average Bonchev–Trinajstić information content (AvgIpc) is 2.63. The van der Waals surface area contributed by atoms with Crippen LogP contribution in [0.25, 0.3) is 0 Å².